The van der Waals surface area contributed by atoms with Gasteiger partial charge in [-0.05, 0) is 39.0 Å². The highest BCUT2D eigenvalue weighted by molar-refractivity contribution is 14.0. The molecule has 1 fully saturated rings. The lowest BCUT2D eigenvalue weighted by Crippen LogP contribution is -2.48. The van der Waals surface area contributed by atoms with Crippen molar-refractivity contribution in [2.24, 2.45) is 4.99 Å². The zero-order chi connectivity index (χ0) is 14.8. The van der Waals surface area contributed by atoms with Gasteiger partial charge in [0.1, 0.15) is 0 Å². The molecule has 0 radical (unpaired) electrons. The number of halogens is 1. The second-order valence-electron chi connectivity index (χ2n) is 5.53. The number of hydrogen-bond donors (Lipinski definition) is 2. The van der Waals surface area contributed by atoms with Crippen LogP contribution in [0.25, 0.3) is 0 Å². The van der Waals surface area contributed by atoms with Crippen LogP contribution in [0.5, 0.6) is 0 Å². The maximum Gasteiger partial charge on any atom is 0.191 e. The molecule has 1 heterocycles. The van der Waals surface area contributed by atoms with E-state index in [1.807, 2.05) is 11.8 Å². The summed E-state index contributed by atoms with van der Waals surface area (Å²) in [6.07, 6.45) is 5.85. The molecule has 2 N–H and O–H groups in total. The Hall–Kier alpha value is 0.310. The second-order valence-corrected chi connectivity index (χ2v) is 6.80. The zero-order valence-corrected chi connectivity index (χ0v) is 17.2. The Kier molecular flexibility index (Phi) is 13.0. The number of thioether (sulfide) groups is 1. The van der Waals surface area contributed by atoms with Gasteiger partial charge in [-0.25, -0.2) is 0 Å². The summed E-state index contributed by atoms with van der Waals surface area (Å²) in [5, 5.41) is 7.54. The van der Waals surface area contributed by atoms with Gasteiger partial charge in [0.15, 0.2) is 5.96 Å². The van der Waals surface area contributed by atoms with Crippen molar-refractivity contribution in [2.75, 3.05) is 39.0 Å². The number of guanidine groups is 1. The lowest BCUT2D eigenvalue weighted by Gasteiger charge is -2.32. The van der Waals surface area contributed by atoms with Gasteiger partial charge < -0.3 is 15.5 Å². The summed E-state index contributed by atoms with van der Waals surface area (Å²) < 4.78 is 0. The molecular formula is C15H33IN4S. The van der Waals surface area contributed by atoms with Crippen LogP contribution >= 0.6 is 35.7 Å². The minimum Gasteiger partial charge on any atom is -0.357 e. The van der Waals surface area contributed by atoms with Crippen LogP contribution in [0.1, 0.15) is 40.0 Å². The molecule has 0 aromatic heterocycles. The molecule has 1 atom stereocenters. The van der Waals surface area contributed by atoms with Crippen molar-refractivity contribution < 1.29 is 0 Å². The van der Waals surface area contributed by atoms with Gasteiger partial charge in [0.05, 0.1) is 6.54 Å². The molecule has 1 aliphatic heterocycles. The first-order valence-corrected chi connectivity index (χ1v) is 9.28. The lowest BCUT2D eigenvalue weighted by molar-refractivity contribution is 0.206. The Morgan fingerprint density at radius 3 is 2.52 bits per heavy atom. The molecule has 126 valence electrons. The summed E-state index contributed by atoms with van der Waals surface area (Å²) in [7, 11) is 0. The third kappa shape index (κ3) is 9.13. The molecular weight excluding hydrogens is 395 g/mol. The van der Waals surface area contributed by atoms with Crippen LogP contribution in [0, 0.1) is 0 Å². The molecule has 0 spiro atoms. The highest BCUT2D eigenvalue weighted by atomic mass is 127. The fourth-order valence-corrected chi connectivity index (χ4v) is 2.65. The van der Waals surface area contributed by atoms with Crippen molar-refractivity contribution in [3.63, 3.8) is 0 Å². The van der Waals surface area contributed by atoms with Gasteiger partial charge in [0.25, 0.3) is 0 Å². The third-order valence-corrected chi connectivity index (χ3v) is 4.68. The van der Waals surface area contributed by atoms with Crippen LogP contribution in [-0.4, -0.2) is 61.1 Å². The predicted molar refractivity (Wildman–Crippen MR) is 107 cm³/mol. The largest absolute Gasteiger partial charge is 0.357 e. The highest BCUT2D eigenvalue weighted by Gasteiger charge is 2.19. The first-order valence-electron chi connectivity index (χ1n) is 7.99. The average Bonchev–Trinajstić information content (AvgIpc) is 2.47. The van der Waals surface area contributed by atoms with Crippen molar-refractivity contribution >= 4 is 41.7 Å². The minimum atomic E-state index is 0. The average molecular weight is 428 g/mol. The van der Waals surface area contributed by atoms with Crippen LogP contribution < -0.4 is 10.6 Å². The highest BCUT2D eigenvalue weighted by Crippen LogP contribution is 2.10. The van der Waals surface area contributed by atoms with E-state index < -0.39 is 0 Å². The number of nitrogens with zero attached hydrogens (tertiary/aromatic N) is 2. The van der Waals surface area contributed by atoms with Crippen LogP contribution in [0.15, 0.2) is 4.99 Å². The molecule has 1 unspecified atom stereocenters. The van der Waals surface area contributed by atoms with Crippen molar-refractivity contribution in [2.45, 2.75) is 51.3 Å². The first kappa shape index (κ1) is 21.3. The van der Waals surface area contributed by atoms with Crippen LogP contribution in [0.4, 0.5) is 0 Å². The number of rotatable bonds is 7. The number of piperidine rings is 1. The topological polar surface area (TPSA) is 39.7 Å². The van der Waals surface area contributed by atoms with E-state index in [0.29, 0.717) is 11.3 Å². The molecule has 0 aromatic carbocycles. The summed E-state index contributed by atoms with van der Waals surface area (Å²) in [5.74, 6) is 0.988. The second kappa shape index (κ2) is 12.8. The van der Waals surface area contributed by atoms with E-state index in [4.69, 9.17) is 4.99 Å². The molecule has 0 aliphatic carbocycles. The third-order valence-electron chi connectivity index (χ3n) is 3.72. The van der Waals surface area contributed by atoms with E-state index in [0.717, 1.165) is 19.0 Å². The number of aliphatic imine (C=N–C) groups is 1. The number of hydrogen-bond acceptors (Lipinski definition) is 3. The van der Waals surface area contributed by atoms with Gasteiger partial charge in [0.2, 0.25) is 0 Å². The van der Waals surface area contributed by atoms with E-state index in [1.165, 1.54) is 38.9 Å². The summed E-state index contributed by atoms with van der Waals surface area (Å²) in [6.45, 7) is 12.1. The SMILES string of the molecule is CCCN1CCC(NC(=NCC(C)SC)NCC)CC1.I. The van der Waals surface area contributed by atoms with Gasteiger partial charge in [-0.15, -0.1) is 24.0 Å². The fourth-order valence-electron chi connectivity index (χ4n) is 2.42. The van der Waals surface area contributed by atoms with Crippen molar-refractivity contribution in [1.82, 2.24) is 15.5 Å². The molecule has 6 heteroatoms. The normalized spacial score (nSPS) is 19.0. The van der Waals surface area contributed by atoms with Crippen LogP contribution in [-0.2, 0) is 0 Å². The molecule has 0 amide bonds. The van der Waals surface area contributed by atoms with E-state index >= 15 is 0 Å². The van der Waals surface area contributed by atoms with Crippen molar-refractivity contribution in [1.29, 1.82) is 0 Å². The van der Waals surface area contributed by atoms with E-state index in [1.54, 1.807) is 0 Å². The molecule has 1 saturated heterocycles. The van der Waals surface area contributed by atoms with E-state index in [2.05, 4.69) is 42.6 Å². The van der Waals surface area contributed by atoms with Gasteiger partial charge in [-0.2, -0.15) is 11.8 Å². The van der Waals surface area contributed by atoms with Crippen LogP contribution in [0.2, 0.25) is 0 Å². The maximum atomic E-state index is 4.69. The van der Waals surface area contributed by atoms with Gasteiger partial charge in [-0.1, -0.05) is 13.8 Å². The van der Waals surface area contributed by atoms with E-state index in [9.17, 15) is 0 Å². The fraction of sp³-hybridized carbons (Fsp3) is 0.933. The molecule has 4 nitrogen and oxygen atoms in total. The van der Waals surface area contributed by atoms with Gasteiger partial charge in [-0.3, -0.25) is 4.99 Å². The maximum absolute atomic E-state index is 4.69. The zero-order valence-electron chi connectivity index (χ0n) is 14.0. The Bertz CT molecular complexity index is 281. The Morgan fingerprint density at radius 1 is 1.33 bits per heavy atom. The number of nitrogens with one attached hydrogen (secondary N) is 2. The van der Waals surface area contributed by atoms with Gasteiger partial charge in [0, 0.05) is 30.9 Å². The summed E-state index contributed by atoms with van der Waals surface area (Å²) >= 11 is 1.87. The van der Waals surface area contributed by atoms with E-state index in [-0.39, 0.29) is 24.0 Å². The van der Waals surface area contributed by atoms with Gasteiger partial charge >= 0.3 is 0 Å². The molecule has 0 saturated carbocycles. The Balaban J connectivity index is 0.00000400. The smallest absolute Gasteiger partial charge is 0.191 e. The lowest BCUT2D eigenvalue weighted by atomic mass is 10.1. The predicted octanol–water partition coefficient (Wildman–Crippen LogP) is 2.79. The summed E-state index contributed by atoms with van der Waals surface area (Å²) in [5.41, 5.74) is 0. The van der Waals surface area contributed by atoms with Crippen molar-refractivity contribution in [3.05, 3.63) is 0 Å². The standard InChI is InChI=1S/C15H32N4S.HI/c1-5-9-19-10-7-14(8-11-19)18-15(16-6-2)17-12-13(3)20-4;/h13-14H,5-12H2,1-4H3,(H2,16,17,18);1H. The molecule has 0 bridgehead atoms. The summed E-state index contributed by atoms with van der Waals surface area (Å²) in [6, 6.07) is 0.575. The quantitative estimate of drug-likeness (QED) is 0.372. The Labute approximate surface area is 152 Å². The Morgan fingerprint density at radius 2 is 2.00 bits per heavy atom. The molecule has 1 aliphatic rings. The molecule has 0 aromatic rings. The minimum absolute atomic E-state index is 0. The molecule has 21 heavy (non-hydrogen) atoms. The number of likely N-dealkylation sites (tertiary alicyclic amines) is 1. The van der Waals surface area contributed by atoms with Crippen molar-refractivity contribution in [3.8, 4) is 0 Å². The first-order chi connectivity index (χ1) is 9.69. The summed E-state index contributed by atoms with van der Waals surface area (Å²) in [4.78, 5) is 7.26. The monoisotopic (exact) mass is 428 g/mol. The van der Waals surface area contributed by atoms with Crippen LogP contribution in [0.3, 0.4) is 0 Å². The molecule has 1 rings (SSSR count).